The Hall–Kier alpha value is -2.83. The van der Waals surface area contributed by atoms with Crippen LogP contribution in [0.25, 0.3) is 5.69 Å². The van der Waals surface area contributed by atoms with Crippen LogP contribution in [0.4, 0.5) is 0 Å². The van der Waals surface area contributed by atoms with Crippen molar-refractivity contribution in [1.82, 2.24) is 14.5 Å². The second kappa shape index (κ2) is 11.0. The van der Waals surface area contributed by atoms with Crippen molar-refractivity contribution in [3.8, 4) is 17.2 Å². The lowest BCUT2D eigenvalue weighted by Crippen LogP contribution is -2.28. The van der Waals surface area contributed by atoms with Crippen LogP contribution in [0.1, 0.15) is 26.0 Å². The van der Waals surface area contributed by atoms with Gasteiger partial charge in [0, 0.05) is 36.7 Å². The van der Waals surface area contributed by atoms with E-state index >= 15 is 0 Å². The first-order chi connectivity index (χ1) is 14.9. The number of hydrogen-bond donors (Lipinski definition) is 0. The summed E-state index contributed by atoms with van der Waals surface area (Å²) in [7, 11) is 2.11. The smallest absolute Gasteiger partial charge is 0.258 e. The highest BCUT2D eigenvalue weighted by Gasteiger charge is 2.05. The van der Waals surface area contributed by atoms with Gasteiger partial charge in [-0.25, -0.2) is 0 Å². The molecule has 2 aromatic heterocycles. The molecular weight excluding hydrogens is 414 g/mol. The minimum absolute atomic E-state index is 0.174. The number of halogens is 1. The van der Waals surface area contributed by atoms with E-state index in [1.807, 2.05) is 24.3 Å². The number of nitrogens with zero attached hydrogens (tertiary/aromatic N) is 3. The molecule has 0 saturated carbocycles. The second-order valence-electron chi connectivity index (χ2n) is 7.60. The number of ether oxygens (including phenoxy) is 2. The van der Waals surface area contributed by atoms with Gasteiger partial charge < -0.3 is 14.4 Å². The Morgan fingerprint density at radius 2 is 1.84 bits per heavy atom. The lowest BCUT2D eigenvalue weighted by Gasteiger charge is -2.20. The van der Waals surface area contributed by atoms with E-state index in [2.05, 4.69) is 30.8 Å². The van der Waals surface area contributed by atoms with Gasteiger partial charge in [-0.15, -0.1) is 0 Å². The lowest BCUT2D eigenvalue weighted by molar-refractivity contribution is 0.234. The van der Waals surface area contributed by atoms with E-state index in [1.54, 1.807) is 35.2 Å². The van der Waals surface area contributed by atoms with Crippen molar-refractivity contribution in [1.29, 1.82) is 0 Å². The third-order valence-corrected chi connectivity index (χ3v) is 5.21. The van der Waals surface area contributed by atoms with E-state index in [9.17, 15) is 4.79 Å². The molecule has 0 bridgehead atoms. The predicted octanol–water partition coefficient (Wildman–Crippen LogP) is 4.57. The van der Waals surface area contributed by atoms with Crippen molar-refractivity contribution in [3.63, 3.8) is 0 Å². The van der Waals surface area contributed by atoms with Gasteiger partial charge >= 0.3 is 0 Å². The highest BCUT2D eigenvalue weighted by atomic mass is 35.5. The maximum absolute atomic E-state index is 12.5. The molecule has 0 amide bonds. The van der Waals surface area contributed by atoms with Gasteiger partial charge in [0.05, 0.1) is 17.3 Å². The molecule has 3 aromatic rings. The van der Waals surface area contributed by atoms with Crippen molar-refractivity contribution >= 4 is 11.6 Å². The molecule has 164 valence electrons. The van der Waals surface area contributed by atoms with Crippen molar-refractivity contribution in [3.05, 3.63) is 82.0 Å². The number of hydrogen-bond acceptors (Lipinski definition) is 5. The van der Waals surface area contributed by atoms with E-state index in [4.69, 9.17) is 21.1 Å². The van der Waals surface area contributed by atoms with Crippen LogP contribution < -0.4 is 15.0 Å². The van der Waals surface area contributed by atoms with Crippen LogP contribution in [0, 0.1) is 0 Å². The maximum Gasteiger partial charge on any atom is 0.258 e. The SMILES string of the molecule is CC(C)N(C)CCCOc1ccc(-n2ccc(OCc3ccc(Cl)cn3)cc2=O)cc1. The first kappa shape index (κ1) is 22.8. The molecule has 6 nitrogen and oxygen atoms in total. The Bertz CT molecular complexity index is 1020. The molecule has 0 aliphatic carbocycles. The normalized spacial score (nSPS) is 11.2. The van der Waals surface area contributed by atoms with Crippen LogP contribution in [-0.4, -0.2) is 40.7 Å². The molecule has 0 aliphatic heterocycles. The van der Waals surface area contributed by atoms with Crippen molar-refractivity contribution in [2.75, 3.05) is 20.2 Å². The monoisotopic (exact) mass is 441 g/mol. The van der Waals surface area contributed by atoms with Gasteiger partial charge in [-0.1, -0.05) is 11.6 Å². The topological polar surface area (TPSA) is 56.6 Å². The van der Waals surface area contributed by atoms with Gasteiger partial charge in [-0.05, 0) is 69.8 Å². The molecule has 0 spiro atoms. The summed E-state index contributed by atoms with van der Waals surface area (Å²) < 4.78 is 13.0. The largest absolute Gasteiger partial charge is 0.494 e. The number of rotatable bonds is 10. The molecular formula is C24H28ClN3O3. The minimum atomic E-state index is -0.174. The molecule has 31 heavy (non-hydrogen) atoms. The summed E-state index contributed by atoms with van der Waals surface area (Å²) in [5.41, 5.74) is 1.33. The molecule has 0 saturated heterocycles. The third-order valence-electron chi connectivity index (χ3n) is 4.99. The zero-order chi connectivity index (χ0) is 22.2. The van der Waals surface area contributed by atoms with Gasteiger partial charge in [0.1, 0.15) is 18.1 Å². The first-order valence-electron chi connectivity index (χ1n) is 10.3. The number of aromatic nitrogens is 2. The lowest BCUT2D eigenvalue weighted by atomic mass is 10.3. The Kier molecular flexibility index (Phi) is 8.09. The Balaban J connectivity index is 1.54. The van der Waals surface area contributed by atoms with Gasteiger partial charge in [-0.3, -0.25) is 14.3 Å². The van der Waals surface area contributed by atoms with Crippen LogP contribution in [0.5, 0.6) is 11.5 Å². The van der Waals surface area contributed by atoms with Crippen LogP contribution in [0.3, 0.4) is 0 Å². The van der Waals surface area contributed by atoms with E-state index in [0.717, 1.165) is 30.1 Å². The Labute approximate surface area is 188 Å². The fourth-order valence-corrected chi connectivity index (χ4v) is 2.99. The molecule has 0 atom stereocenters. The molecule has 0 radical (unpaired) electrons. The Morgan fingerprint density at radius 3 is 2.48 bits per heavy atom. The van der Waals surface area contributed by atoms with Gasteiger partial charge in [0.15, 0.2) is 0 Å². The first-order valence-corrected chi connectivity index (χ1v) is 10.7. The van der Waals surface area contributed by atoms with Crippen molar-refractivity contribution in [2.24, 2.45) is 0 Å². The summed E-state index contributed by atoms with van der Waals surface area (Å²) >= 11 is 5.83. The van der Waals surface area contributed by atoms with Gasteiger partial charge in [0.25, 0.3) is 5.56 Å². The van der Waals surface area contributed by atoms with Crippen LogP contribution in [-0.2, 0) is 6.61 Å². The van der Waals surface area contributed by atoms with E-state index < -0.39 is 0 Å². The quantitative estimate of drug-likeness (QED) is 0.431. The predicted molar refractivity (Wildman–Crippen MR) is 123 cm³/mol. The highest BCUT2D eigenvalue weighted by Crippen LogP contribution is 2.16. The zero-order valence-corrected chi connectivity index (χ0v) is 18.9. The minimum Gasteiger partial charge on any atom is -0.494 e. The molecule has 0 fully saturated rings. The average Bonchev–Trinajstić information content (AvgIpc) is 2.77. The summed E-state index contributed by atoms with van der Waals surface area (Å²) in [6, 6.07) is 14.8. The van der Waals surface area contributed by atoms with Gasteiger partial charge in [0.2, 0.25) is 0 Å². The Morgan fingerprint density at radius 1 is 1.06 bits per heavy atom. The second-order valence-corrected chi connectivity index (χ2v) is 8.03. The van der Waals surface area contributed by atoms with Crippen LogP contribution >= 0.6 is 11.6 Å². The van der Waals surface area contributed by atoms with E-state index in [-0.39, 0.29) is 12.2 Å². The average molecular weight is 442 g/mol. The zero-order valence-electron chi connectivity index (χ0n) is 18.1. The van der Waals surface area contributed by atoms with Crippen LogP contribution in [0.15, 0.2) is 65.7 Å². The number of pyridine rings is 2. The fraction of sp³-hybridized carbons (Fsp3) is 0.333. The maximum atomic E-state index is 12.5. The fourth-order valence-electron chi connectivity index (χ4n) is 2.88. The number of benzene rings is 1. The van der Waals surface area contributed by atoms with Gasteiger partial charge in [-0.2, -0.15) is 0 Å². The molecule has 0 unspecified atom stereocenters. The molecule has 7 heteroatoms. The van der Waals surface area contributed by atoms with Crippen molar-refractivity contribution in [2.45, 2.75) is 32.9 Å². The third kappa shape index (κ3) is 6.84. The summed E-state index contributed by atoms with van der Waals surface area (Å²) in [6.07, 6.45) is 4.23. The molecule has 1 aromatic carbocycles. The highest BCUT2D eigenvalue weighted by molar-refractivity contribution is 6.30. The molecule has 0 aliphatic rings. The van der Waals surface area contributed by atoms with E-state index in [0.29, 0.717) is 23.4 Å². The summed E-state index contributed by atoms with van der Waals surface area (Å²) in [5.74, 6) is 1.28. The molecule has 2 heterocycles. The summed E-state index contributed by atoms with van der Waals surface area (Å²) in [6.45, 7) is 6.27. The van der Waals surface area contributed by atoms with E-state index in [1.165, 1.54) is 6.07 Å². The summed E-state index contributed by atoms with van der Waals surface area (Å²) in [4.78, 5) is 19.0. The molecule has 0 N–H and O–H groups in total. The van der Waals surface area contributed by atoms with Crippen LogP contribution in [0.2, 0.25) is 5.02 Å². The molecule has 3 rings (SSSR count). The summed E-state index contributed by atoms with van der Waals surface area (Å²) in [5, 5.41) is 0.571. The van der Waals surface area contributed by atoms with Crippen molar-refractivity contribution < 1.29 is 9.47 Å². The standard InChI is InChI=1S/C24H28ClN3O3/c1-18(2)27(3)12-4-14-30-22-9-7-21(8-10-22)28-13-11-23(15-24(28)29)31-17-20-6-5-19(25)16-26-20/h5-11,13,15-16,18H,4,12,14,17H2,1-3H3.